The van der Waals surface area contributed by atoms with Crippen LogP contribution in [0.2, 0.25) is 0 Å². The molecule has 0 saturated carbocycles. The van der Waals surface area contributed by atoms with Gasteiger partial charge in [-0.1, -0.05) is 6.07 Å². The highest BCUT2D eigenvalue weighted by molar-refractivity contribution is 5.87. The molecular weight excluding hydrogens is 237 g/mol. The molecule has 0 saturated heterocycles. The average Bonchev–Trinajstić information content (AvgIpc) is 2.34. The summed E-state index contributed by atoms with van der Waals surface area (Å²) in [5.74, 6) is -0.926. The highest BCUT2D eigenvalue weighted by Gasteiger charge is 2.07. The predicted molar refractivity (Wildman–Crippen MR) is 62.4 cm³/mol. The Morgan fingerprint density at radius 3 is 2.83 bits per heavy atom. The van der Waals surface area contributed by atoms with Crippen LogP contribution in [0.5, 0.6) is 11.5 Å². The van der Waals surface area contributed by atoms with E-state index in [1.165, 1.54) is 30.6 Å². The Morgan fingerprint density at radius 1 is 1.33 bits per heavy atom. The highest BCUT2D eigenvalue weighted by Crippen LogP contribution is 2.25. The summed E-state index contributed by atoms with van der Waals surface area (Å²) in [6.45, 7) is 1.77. The van der Waals surface area contributed by atoms with Crippen LogP contribution in [0.25, 0.3) is 0 Å². The molecule has 0 aliphatic heterocycles. The number of aryl methyl sites for hydroxylation is 1. The molecule has 0 fully saturated rings. The fourth-order valence-corrected chi connectivity index (χ4v) is 1.40. The number of pyridine rings is 1. The summed E-state index contributed by atoms with van der Waals surface area (Å²) in [6, 6.07) is 5.48. The molecule has 1 N–H and O–H groups in total. The second-order valence-electron chi connectivity index (χ2n) is 3.73. The number of benzene rings is 1. The van der Waals surface area contributed by atoms with Gasteiger partial charge in [-0.05, 0) is 24.6 Å². The van der Waals surface area contributed by atoms with Gasteiger partial charge in [-0.2, -0.15) is 0 Å². The van der Waals surface area contributed by atoms with E-state index < -0.39 is 11.8 Å². The van der Waals surface area contributed by atoms with Crippen LogP contribution in [0.4, 0.5) is 4.39 Å². The molecule has 92 valence electrons. The van der Waals surface area contributed by atoms with Gasteiger partial charge in [-0.25, -0.2) is 9.18 Å². The first-order valence-electron chi connectivity index (χ1n) is 5.18. The summed E-state index contributed by atoms with van der Waals surface area (Å²) in [5, 5.41) is 8.82. The summed E-state index contributed by atoms with van der Waals surface area (Å²) in [7, 11) is 0. The van der Waals surface area contributed by atoms with Crippen molar-refractivity contribution in [1.29, 1.82) is 0 Å². The molecule has 5 heteroatoms. The minimum atomic E-state index is -1.09. The van der Waals surface area contributed by atoms with Crippen LogP contribution in [-0.2, 0) is 0 Å². The van der Waals surface area contributed by atoms with Crippen LogP contribution >= 0.6 is 0 Å². The predicted octanol–water partition coefficient (Wildman–Crippen LogP) is 3.02. The minimum Gasteiger partial charge on any atom is -0.478 e. The van der Waals surface area contributed by atoms with Crippen LogP contribution in [0.15, 0.2) is 36.7 Å². The summed E-state index contributed by atoms with van der Waals surface area (Å²) in [5.41, 5.74) is 0.763. The normalized spacial score (nSPS) is 10.1. The van der Waals surface area contributed by atoms with E-state index in [0.29, 0.717) is 5.75 Å². The number of hydrogen-bond donors (Lipinski definition) is 1. The summed E-state index contributed by atoms with van der Waals surface area (Å²) < 4.78 is 18.5. The Morgan fingerprint density at radius 2 is 2.11 bits per heavy atom. The molecule has 0 spiro atoms. The lowest BCUT2D eigenvalue weighted by atomic mass is 10.2. The van der Waals surface area contributed by atoms with Gasteiger partial charge in [-0.3, -0.25) is 4.98 Å². The lowest BCUT2D eigenvalue weighted by Crippen LogP contribution is -1.98. The number of rotatable bonds is 3. The SMILES string of the molecule is Cc1ccc(F)cc1Oc1cncc(C(=O)O)c1. The van der Waals surface area contributed by atoms with Gasteiger partial charge in [0.15, 0.2) is 0 Å². The molecule has 1 aromatic heterocycles. The first-order valence-corrected chi connectivity index (χ1v) is 5.18. The highest BCUT2D eigenvalue weighted by atomic mass is 19.1. The van der Waals surface area contributed by atoms with Crippen molar-refractivity contribution in [2.75, 3.05) is 0 Å². The third kappa shape index (κ3) is 2.63. The molecule has 1 aromatic carbocycles. The number of aromatic nitrogens is 1. The monoisotopic (exact) mass is 247 g/mol. The zero-order valence-corrected chi connectivity index (χ0v) is 9.55. The van der Waals surface area contributed by atoms with Crippen molar-refractivity contribution in [3.63, 3.8) is 0 Å². The van der Waals surface area contributed by atoms with Crippen molar-refractivity contribution >= 4 is 5.97 Å². The Hall–Kier alpha value is -2.43. The molecular formula is C13H10FNO3. The van der Waals surface area contributed by atoms with E-state index in [0.717, 1.165) is 5.56 Å². The summed E-state index contributed by atoms with van der Waals surface area (Å²) in [4.78, 5) is 14.5. The molecule has 0 aliphatic rings. The van der Waals surface area contributed by atoms with E-state index in [1.54, 1.807) is 13.0 Å². The van der Waals surface area contributed by atoms with E-state index in [4.69, 9.17) is 9.84 Å². The molecule has 0 unspecified atom stereocenters. The number of carbonyl (C=O) groups is 1. The van der Waals surface area contributed by atoms with Crippen LogP contribution in [0, 0.1) is 12.7 Å². The quantitative estimate of drug-likeness (QED) is 0.905. The van der Waals surface area contributed by atoms with E-state index in [2.05, 4.69) is 4.98 Å². The van der Waals surface area contributed by atoms with Crippen LogP contribution in [0.1, 0.15) is 15.9 Å². The average molecular weight is 247 g/mol. The number of halogens is 1. The molecule has 0 radical (unpaired) electrons. The number of aromatic carboxylic acids is 1. The Bertz CT molecular complexity index is 599. The molecule has 0 aliphatic carbocycles. The lowest BCUT2D eigenvalue weighted by molar-refractivity contribution is 0.0696. The topological polar surface area (TPSA) is 59.4 Å². The van der Waals surface area contributed by atoms with E-state index in [-0.39, 0.29) is 11.3 Å². The largest absolute Gasteiger partial charge is 0.478 e. The van der Waals surface area contributed by atoms with Crippen molar-refractivity contribution in [1.82, 2.24) is 4.98 Å². The van der Waals surface area contributed by atoms with Gasteiger partial charge in [-0.15, -0.1) is 0 Å². The zero-order chi connectivity index (χ0) is 13.1. The molecule has 2 rings (SSSR count). The second kappa shape index (κ2) is 4.83. The van der Waals surface area contributed by atoms with Gasteiger partial charge < -0.3 is 9.84 Å². The maximum Gasteiger partial charge on any atom is 0.337 e. The molecule has 2 aromatic rings. The van der Waals surface area contributed by atoms with E-state index in [1.807, 2.05) is 0 Å². The minimum absolute atomic E-state index is 0.0153. The fraction of sp³-hybridized carbons (Fsp3) is 0.0769. The first kappa shape index (κ1) is 12.0. The van der Waals surface area contributed by atoms with Crippen molar-refractivity contribution in [3.8, 4) is 11.5 Å². The smallest absolute Gasteiger partial charge is 0.337 e. The van der Waals surface area contributed by atoms with Gasteiger partial charge in [0.1, 0.15) is 17.3 Å². The number of carboxylic acids is 1. The van der Waals surface area contributed by atoms with Gasteiger partial charge in [0.25, 0.3) is 0 Å². The van der Waals surface area contributed by atoms with Crippen molar-refractivity contribution < 1.29 is 19.0 Å². The van der Waals surface area contributed by atoms with Gasteiger partial charge >= 0.3 is 5.97 Å². The second-order valence-corrected chi connectivity index (χ2v) is 3.73. The molecule has 0 amide bonds. The molecule has 0 bridgehead atoms. The number of ether oxygens (including phenoxy) is 1. The Kier molecular flexibility index (Phi) is 3.23. The van der Waals surface area contributed by atoms with Crippen LogP contribution < -0.4 is 4.74 Å². The summed E-state index contributed by atoms with van der Waals surface area (Å²) >= 11 is 0. The standard InChI is InChI=1S/C13H10FNO3/c1-8-2-3-10(14)5-12(8)18-11-4-9(13(16)17)6-15-7-11/h2-7H,1H3,(H,16,17). The van der Waals surface area contributed by atoms with Gasteiger partial charge in [0.2, 0.25) is 0 Å². The molecule has 18 heavy (non-hydrogen) atoms. The molecule has 4 nitrogen and oxygen atoms in total. The van der Waals surface area contributed by atoms with Gasteiger partial charge in [0, 0.05) is 12.3 Å². The molecule has 1 heterocycles. The fourth-order valence-electron chi connectivity index (χ4n) is 1.40. The van der Waals surface area contributed by atoms with Crippen molar-refractivity contribution in [2.45, 2.75) is 6.92 Å². The van der Waals surface area contributed by atoms with E-state index in [9.17, 15) is 9.18 Å². The maximum atomic E-state index is 13.1. The third-order valence-electron chi connectivity index (χ3n) is 2.34. The molecule has 0 atom stereocenters. The Labute approximate surface area is 103 Å². The van der Waals surface area contributed by atoms with Crippen LogP contribution in [0.3, 0.4) is 0 Å². The number of nitrogens with zero attached hydrogens (tertiary/aromatic N) is 1. The third-order valence-corrected chi connectivity index (χ3v) is 2.34. The maximum absolute atomic E-state index is 13.1. The lowest BCUT2D eigenvalue weighted by Gasteiger charge is -2.08. The van der Waals surface area contributed by atoms with Gasteiger partial charge in [0.05, 0.1) is 11.8 Å². The number of hydrogen-bond acceptors (Lipinski definition) is 3. The van der Waals surface area contributed by atoms with Crippen LogP contribution in [-0.4, -0.2) is 16.1 Å². The van der Waals surface area contributed by atoms with Crippen molar-refractivity contribution in [3.05, 3.63) is 53.6 Å². The van der Waals surface area contributed by atoms with E-state index >= 15 is 0 Å². The summed E-state index contributed by atoms with van der Waals surface area (Å²) in [6.07, 6.45) is 2.59. The first-order chi connectivity index (χ1) is 8.56. The zero-order valence-electron chi connectivity index (χ0n) is 9.55. The number of carboxylic acid groups (broad SMARTS) is 1. The Balaban J connectivity index is 2.31. The van der Waals surface area contributed by atoms with Crippen molar-refractivity contribution in [2.24, 2.45) is 0 Å².